The van der Waals surface area contributed by atoms with Gasteiger partial charge in [-0.1, -0.05) is 11.8 Å². The minimum Gasteiger partial charge on any atom is -0.486 e. The maximum Gasteiger partial charge on any atom is 0.343 e. The molecule has 0 saturated carbocycles. The Hall–Kier alpha value is -3.01. The van der Waals surface area contributed by atoms with Crippen LogP contribution in [0.3, 0.4) is 0 Å². The molecule has 148 valence electrons. The average molecular weight is 404 g/mol. The van der Waals surface area contributed by atoms with Crippen LogP contribution < -0.4 is 20.5 Å². The van der Waals surface area contributed by atoms with E-state index in [0.717, 1.165) is 11.8 Å². The van der Waals surface area contributed by atoms with E-state index in [-0.39, 0.29) is 29.1 Å². The highest BCUT2D eigenvalue weighted by Crippen LogP contribution is 2.33. The van der Waals surface area contributed by atoms with Gasteiger partial charge in [-0.2, -0.15) is 0 Å². The topological polar surface area (TPSA) is 126 Å². The molecule has 0 spiro atoms. The number of ether oxygens (including phenoxy) is 3. The predicted molar refractivity (Wildman–Crippen MR) is 104 cm³/mol. The Morgan fingerprint density at radius 3 is 2.79 bits per heavy atom. The summed E-state index contributed by atoms with van der Waals surface area (Å²) in [5.74, 6) is 0.432. The average Bonchev–Trinajstić information content (AvgIpc) is 2.68. The van der Waals surface area contributed by atoms with Gasteiger partial charge in [0, 0.05) is 18.0 Å². The first-order valence-electron chi connectivity index (χ1n) is 8.64. The molecule has 0 aliphatic carbocycles. The Morgan fingerprint density at radius 2 is 2.07 bits per heavy atom. The van der Waals surface area contributed by atoms with E-state index in [9.17, 15) is 9.59 Å². The zero-order chi connectivity index (χ0) is 20.1. The molecule has 0 radical (unpaired) electrons. The number of amides is 1. The summed E-state index contributed by atoms with van der Waals surface area (Å²) in [6.07, 6.45) is 1.30. The van der Waals surface area contributed by atoms with Crippen LogP contribution in [0.5, 0.6) is 11.5 Å². The number of carbonyl (C=O) groups is 2. The van der Waals surface area contributed by atoms with Crippen LogP contribution in [0.2, 0.25) is 0 Å². The van der Waals surface area contributed by atoms with Crippen molar-refractivity contribution in [2.45, 2.75) is 24.3 Å². The monoisotopic (exact) mass is 404 g/mol. The fourth-order valence-electron chi connectivity index (χ4n) is 2.38. The number of nitrogens with zero attached hydrogens (tertiary/aromatic N) is 2. The molecular formula is C18H20N4O5S. The molecule has 3 N–H and O–H groups in total. The molecule has 9 nitrogen and oxygen atoms in total. The Kier molecular flexibility index (Phi) is 6.19. The van der Waals surface area contributed by atoms with Crippen molar-refractivity contribution in [3.63, 3.8) is 0 Å². The maximum absolute atomic E-state index is 12.5. The lowest BCUT2D eigenvalue weighted by atomic mass is 10.2. The Bertz CT molecular complexity index is 892. The first kappa shape index (κ1) is 19.7. The van der Waals surface area contributed by atoms with E-state index in [1.165, 1.54) is 6.20 Å². The van der Waals surface area contributed by atoms with Gasteiger partial charge in [0.05, 0.1) is 11.9 Å². The van der Waals surface area contributed by atoms with Gasteiger partial charge >= 0.3 is 5.97 Å². The van der Waals surface area contributed by atoms with E-state index in [4.69, 9.17) is 19.9 Å². The summed E-state index contributed by atoms with van der Waals surface area (Å²) >= 11 is 1.13. The lowest BCUT2D eigenvalue weighted by Gasteiger charge is -2.19. The van der Waals surface area contributed by atoms with Crippen molar-refractivity contribution < 1.29 is 23.8 Å². The number of nitrogens with one attached hydrogen (secondary N) is 1. The van der Waals surface area contributed by atoms with Crippen molar-refractivity contribution >= 4 is 35.1 Å². The lowest BCUT2D eigenvalue weighted by Crippen LogP contribution is -2.23. The zero-order valence-electron chi connectivity index (χ0n) is 15.4. The van der Waals surface area contributed by atoms with Gasteiger partial charge in [-0.15, -0.1) is 0 Å². The summed E-state index contributed by atoms with van der Waals surface area (Å²) in [6.45, 7) is 4.62. The standard InChI is InChI=1S/C18H20N4O5S/c1-3-25-17(24)12-9-20-18(22-15(12)19)28-10(2)16(23)21-11-4-5-13-14(8-11)27-7-6-26-13/h4-5,8-10H,3,6-7H2,1-2H3,(H,21,23)(H2,19,20,22). The van der Waals surface area contributed by atoms with Crippen molar-refractivity contribution in [3.05, 3.63) is 30.0 Å². The van der Waals surface area contributed by atoms with E-state index >= 15 is 0 Å². The second kappa shape index (κ2) is 8.79. The molecule has 0 saturated heterocycles. The Morgan fingerprint density at radius 1 is 1.32 bits per heavy atom. The summed E-state index contributed by atoms with van der Waals surface area (Å²) in [7, 11) is 0. The molecule has 28 heavy (non-hydrogen) atoms. The fraction of sp³-hybridized carbons (Fsp3) is 0.333. The van der Waals surface area contributed by atoms with Crippen LogP contribution >= 0.6 is 11.8 Å². The zero-order valence-corrected chi connectivity index (χ0v) is 16.2. The molecule has 1 aliphatic heterocycles. The molecule has 1 atom stereocenters. The van der Waals surface area contributed by atoms with Gasteiger partial charge in [0.2, 0.25) is 5.91 Å². The van der Waals surface area contributed by atoms with Crippen LogP contribution in [-0.4, -0.2) is 46.9 Å². The number of thioether (sulfide) groups is 1. The minimum atomic E-state index is -0.582. The number of anilines is 2. The fourth-order valence-corrected chi connectivity index (χ4v) is 3.12. The summed E-state index contributed by atoms with van der Waals surface area (Å²) in [4.78, 5) is 32.4. The number of nitrogens with two attached hydrogens (primary N) is 1. The number of esters is 1. The van der Waals surface area contributed by atoms with Crippen LogP contribution in [0.1, 0.15) is 24.2 Å². The number of fused-ring (bicyclic) bond motifs is 1. The number of hydrogen-bond donors (Lipinski definition) is 2. The van der Waals surface area contributed by atoms with E-state index in [1.807, 2.05) is 0 Å². The van der Waals surface area contributed by atoms with Gasteiger partial charge in [0.15, 0.2) is 16.7 Å². The number of nitrogen functional groups attached to an aromatic ring is 1. The number of benzene rings is 1. The van der Waals surface area contributed by atoms with Crippen LogP contribution in [0.15, 0.2) is 29.6 Å². The molecule has 10 heteroatoms. The number of carbonyl (C=O) groups excluding carboxylic acids is 2. The van der Waals surface area contributed by atoms with Gasteiger partial charge < -0.3 is 25.3 Å². The van der Waals surface area contributed by atoms with Gasteiger partial charge in [-0.3, -0.25) is 4.79 Å². The quantitative estimate of drug-likeness (QED) is 0.423. The minimum absolute atomic E-state index is 0.00962. The molecule has 2 aromatic rings. The van der Waals surface area contributed by atoms with Gasteiger partial charge in [-0.05, 0) is 26.0 Å². The van der Waals surface area contributed by atoms with Crippen LogP contribution in [-0.2, 0) is 9.53 Å². The van der Waals surface area contributed by atoms with E-state index in [1.54, 1.807) is 32.0 Å². The first-order chi connectivity index (χ1) is 13.5. The van der Waals surface area contributed by atoms with Crippen molar-refractivity contribution in [1.82, 2.24) is 9.97 Å². The SMILES string of the molecule is CCOC(=O)c1cnc(SC(C)C(=O)Nc2ccc3c(c2)OCCO3)nc1N. The summed E-state index contributed by atoms with van der Waals surface area (Å²) in [5.41, 5.74) is 6.50. The lowest BCUT2D eigenvalue weighted by molar-refractivity contribution is -0.115. The third kappa shape index (κ3) is 4.63. The molecule has 1 aromatic heterocycles. The van der Waals surface area contributed by atoms with Gasteiger partial charge in [0.25, 0.3) is 0 Å². The summed E-state index contributed by atoms with van der Waals surface area (Å²) < 4.78 is 15.9. The highest BCUT2D eigenvalue weighted by Gasteiger charge is 2.20. The molecule has 3 rings (SSSR count). The van der Waals surface area contributed by atoms with Gasteiger partial charge in [0.1, 0.15) is 24.6 Å². The maximum atomic E-state index is 12.5. The number of aromatic nitrogens is 2. The van der Waals surface area contributed by atoms with Crippen molar-refractivity contribution in [1.29, 1.82) is 0 Å². The molecule has 1 aromatic carbocycles. The number of hydrogen-bond acceptors (Lipinski definition) is 9. The van der Waals surface area contributed by atoms with Crippen molar-refractivity contribution in [2.24, 2.45) is 0 Å². The first-order valence-corrected chi connectivity index (χ1v) is 9.52. The van der Waals surface area contributed by atoms with E-state index < -0.39 is 11.2 Å². The second-order valence-electron chi connectivity index (χ2n) is 5.78. The normalized spacial score (nSPS) is 13.5. The van der Waals surface area contributed by atoms with E-state index in [2.05, 4.69) is 15.3 Å². The van der Waals surface area contributed by atoms with Gasteiger partial charge in [-0.25, -0.2) is 14.8 Å². The molecule has 0 fully saturated rings. The predicted octanol–water partition coefficient (Wildman–Crippen LogP) is 2.13. The highest BCUT2D eigenvalue weighted by atomic mass is 32.2. The summed E-state index contributed by atoms with van der Waals surface area (Å²) in [6, 6.07) is 5.21. The second-order valence-corrected chi connectivity index (χ2v) is 7.09. The Balaban J connectivity index is 1.62. The highest BCUT2D eigenvalue weighted by molar-refractivity contribution is 8.00. The molecule has 1 unspecified atom stereocenters. The third-order valence-electron chi connectivity index (χ3n) is 3.75. The molecule has 2 heterocycles. The molecule has 0 bridgehead atoms. The van der Waals surface area contributed by atoms with Crippen LogP contribution in [0.25, 0.3) is 0 Å². The van der Waals surface area contributed by atoms with Crippen LogP contribution in [0, 0.1) is 0 Å². The third-order valence-corrected chi connectivity index (χ3v) is 4.73. The van der Waals surface area contributed by atoms with Crippen molar-refractivity contribution in [2.75, 3.05) is 30.9 Å². The molecule has 1 amide bonds. The molecule has 1 aliphatic rings. The Labute approximate surface area is 166 Å². The van der Waals surface area contributed by atoms with Crippen molar-refractivity contribution in [3.8, 4) is 11.5 Å². The summed E-state index contributed by atoms with van der Waals surface area (Å²) in [5, 5.41) is 2.61. The molecular weight excluding hydrogens is 384 g/mol. The smallest absolute Gasteiger partial charge is 0.343 e. The number of rotatable bonds is 6. The largest absolute Gasteiger partial charge is 0.486 e. The van der Waals surface area contributed by atoms with E-state index in [0.29, 0.717) is 30.4 Å². The van der Waals surface area contributed by atoms with Crippen LogP contribution in [0.4, 0.5) is 11.5 Å².